The highest BCUT2D eigenvalue weighted by Gasteiger charge is 2.23. The van der Waals surface area contributed by atoms with Crippen molar-refractivity contribution in [1.82, 2.24) is 9.97 Å². The first kappa shape index (κ1) is 11.3. The van der Waals surface area contributed by atoms with E-state index in [0.29, 0.717) is 12.5 Å². The maximum atomic E-state index is 5.13. The zero-order valence-corrected chi connectivity index (χ0v) is 9.99. The summed E-state index contributed by atoms with van der Waals surface area (Å²) in [4.78, 5) is 9.10. The Morgan fingerprint density at radius 3 is 2.81 bits per heavy atom. The summed E-state index contributed by atoms with van der Waals surface area (Å²) >= 11 is 0. The molecular formula is C12H19N3O. The lowest BCUT2D eigenvalue weighted by Gasteiger charge is -2.24. The molecule has 4 nitrogen and oxygen atoms in total. The molecule has 1 N–H and O–H groups in total. The Labute approximate surface area is 96.4 Å². The fourth-order valence-electron chi connectivity index (χ4n) is 1.86. The number of rotatable bonds is 5. The third kappa shape index (κ3) is 2.50. The quantitative estimate of drug-likeness (QED) is 0.829. The highest BCUT2D eigenvalue weighted by molar-refractivity contribution is 5.36. The van der Waals surface area contributed by atoms with E-state index in [9.17, 15) is 0 Å². The van der Waals surface area contributed by atoms with Gasteiger partial charge in [-0.2, -0.15) is 0 Å². The van der Waals surface area contributed by atoms with Crippen molar-refractivity contribution in [2.45, 2.75) is 38.7 Å². The molecule has 0 amide bonds. The molecule has 1 aliphatic rings. The Morgan fingerprint density at radius 2 is 2.25 bits per heavy atom. The summed E-state index contributed by atoms with van der Waals surface area (Å²) in [5.74, 6) is 2.47. The van der Waals surface area contributed by atoms with Crippen LogP contribution in [0.3, 0.4) is 0 Å². The molecular weight excluding hydrogens is 202 g/mol. The zero-order chi connectivity index (χ0) is 11.4. The van der Waals surface area contributed by atoms with Crippen molar-refractivity contribution in [2.24, 2.45) is 0 Å². The van der Waals surface area contributed by atoms with Crippen molar-refractivity contribution >= 4 is 5.82 Å². The summed E-state index contributed by atoms with van der Waals surface area (Å²) in [5, 5.41) is 3.24. The number of nitrogens with one attached hydrogen (secondary N) is 1. The maximum absolute atomic E-state index is 5.13. The van der Waals surface area contributed by atoms with Gasteiger partial charge in [-0.25, -0.2) is 9.97 Å². The summed E-state index contributed by atoms with van der Waals surface area (Å²) < 4.78 is 5.13. The van der Waals surface area contributed by atoms with Crippen molar-refractivity contribution in [1.29, 1.82) is 0 Å². The summed E-state index contributed by atoms with van der Waals surface area (Å²) in [7, 11) is 1.69. The number of nitrogens with zero attached hydrogens (tertiary/aromatic N) is 2. The maximum Gasteiger partial charge on any atom is 0.134 e. The van der Waals surface area contributed by atoms with Gasteiger partial charge < -0.3 is 10.1 Å². The standard InChI is InChI=1S/C12H19N3O/c1-3-13-11-7-10(8-16-2)14-12(15-11)9-5-4-6-9/h7,9H,3-6,8H2,1-2H3,(H,13,14,15). The van der Waals surface area contributed by atoms with E-state index in [2.05, 4.69) is 22.2 Å². The smallest absolute Gasteiger partial charge is 0.134 e. The molecule has 1 saturated carbocycles. The van der Waals surface area contributed by atoms with Crippen LogP contribution >= 0.6 is 0 Å². The normalized spacial score (nSPS) is 15.9. The molecule has 88 valence electrons. The molecule has 2 rings (SSSR count). The SMILES string of the molecule is CCNc1cc(COC)nc(C2CCC2)n1. The van der Waals surface area contributed by atoms with Crippen LogP contribution in [-0.4, -0.2) is 23.6 Å². The molecule has 1 fully saturated rings. The van der Waals surface area contributed by atoms with Crippen LogP contribution in [0.4, 0.5) is 5.82 Å². The highest BCUT2D eigenvalue weighted by Crippen LogP contribution is 2.34. The average molecular weight is 221 g/mol. The lowest BCUT2D eigenvalue weighted by atomic mass is 9.85. The van der Waals surface area contributed by atoms with Crippen LogP contribution in [0.25, 0.3) is 0 Å². The Bertz CT molecular complexity index is 326. The summed E-state index contributed by atoms with van der Waals surface area (Å²) in [6.07, 6.45) is 3.75. The lowest BCUT2D eigenvalue weighted by Crippen LogP contribution is -2.15. The van der Waals surface area contributed by atoms with E-state index in [1.807, 2.05) is 6.07 Å². The first-order valence-corrected chi connectivity index (χ1v) is 5.94. The molecule has 1 aliphatic carbocycles. The van der Waals surface area contributed by atoms with E-state index in [1.54, 1.807) is 7.11 Å². The summed E-state index contributed by atoms with van der Waals surface area (Å²) in [5.41, 5.74) is 0.968. The van der Waals surface area contributed by atoms with Crippen molar-refractivity contribution in [3.63, 3.8) is 0 Å². The fraction of sp³-hybridized carbons (Fsp3) is 0.667. The van der Waals surface area contributed by atoms with E-state index in [1.165, 1.54) is 19.3 Å². The van der Waals surface area contributed by atoms with Crippen LogP contribution in [0.1, 0.15) is 43.6 Å². The molecule has 1 aromatic heterocycles. The predicted octanol–water partition coefficient (Wildman–Crippen LogP) is 2.32. The second kappa shape index (κ2) is 5.25. The molecule has 1 aromatic rings. The second-order valence-electron chi connectivity index (χ2n) is 4.19. The second-order valence-corrected chi connectivity index (χ2v) is 4.19. The summed E-state index contributed by atoms with van der Waals surface area (Å²) in [6.45, 7) is 3.51. The van der Waals surface area contributed by atoms with Gasteiger partial charge in [0.1, 0.15) is 11.6 Å². The van der Waals surface area contributed by atoms with Crippen LogP contribution in [0, 0.1) is 0 Å². The lowest BCUT2D eigenvalue weighted by molar-refractivity contribution is 0.181. The first-order valence-electron chi connectivity index (χ1n) is 5.94. The molecule has 16 heavy (non-hydrogen) atoms. The van der Waals surface area contributed by atoms with Gasteiger partial charge in [0.05, 0.1) is 12.3 Å². The van der Waals surface area contributed by atoms with Crippen molar-refractivity contribution in [3.8, 4) is 0 Å². The van der Waals surface area contributed by atoms with E-state index in [-0.39, 0.29) is 0 Å². The number of aromatic nitrogens is 2. The molecule has 0 bridgehead atoms. The number of anilines is 1. The van der Waals surface area contributed by atoms with Crippen LogP contribution in [0.15, 0.2) is 6.07 Å². The van der Waals surface area contributed by atoms with Gasteiger partial charge >= 0.3 is 0 Å². The van der Waals surface area contributed by atoms with Gasteiger partial charge in [-0.3, -0.25) is 0 Å². The Balaban J connectivity index is 2.21. The van der Waals surface area contributed by atoms with Gasteiger partial charge in [0, 0.05) is 25.6 Å². The van der Waals surface area contributed by atoms with Gasteiger partial charge in [0.25, 0.3) is 0 Å². The molecule has 0 unspecified atom stereocenters. The van der Waals surface area contributed by atoms with Crippen molar-refractivity contribution < 1.29 is 4.74 Å². The molecule has 0 aromatic carbocycles. The largest absolute Gasteiger partial charge is 0.378 e. The highest BCUT2D eigenvalue weighted by atomic mass is 16.5. The van der Waals surface area contributed by atoms with Crippen molar-refractivity contribution in [3.05, 3.63) is 17.6 Å². The van der Waals surface area contributed by atoms with Crippen molar-refractivity contribution in [2.75, 3.05) is 19.0 Å². The Kier molecular flexibility index (Phi) is 3.72. The first-order chi connectivity index (χ1) is 7.83. The van der Waals surface area contributed by atoms with Crippen LogP contribution in [0.2, 0.25) is 0 Å². The number of ether oxygens (including phenoxy) is 1. The Morgan fingerprint density at radius 1 is 1.44 bits per heavy atom. The molecule has 0 atom stereocenters. The van der Waals surface area contributed by atoms with E-state index in [4.69, 9.17) is 4.74 Å². The summed E-state index contributed by atoms with van der Waals surface area (Å²) in [6, 6.07) is 1.97. The van der Waals surface area contributed by atoms with E-state index in [0.717, 1.165) is 23.9 Å². The van der Waals surface area contributed by atoms with Crippen LogP contribution < -0.4 is 5.32 Å². The topological polar surface area (TPSA) is 47.0 Å². The van der Waals surface area contributed by atoms with Gasteiger partial charge in [0.15, 0.2) is 0 Å². The number of hydrogen-bond donors (Lipinski definition) is 1. The molecule has 0 saturated heterocycles. The molecule has 1 heterocycles. The fourth-order valence-corrected chi connectivity index (χ4v) is 1.86. The van der Waals surface area contributed by atoms with Crippen LogP contribution in [-0.2, 0) is 11.3 Å². The average Bonchev–Trinajstić information content (AvgIpc) is 2.15. The Hall–Kier alpha value is -1.16. The van der Waals surface area contributed by atoms with E-state index >= 15 is 0 Å². The molecule has 0 aliphatic heterocycles. The molecule has 4 heteroatoms. The molecule has 0 radical (unpaired) electrons. The number of hydrogen-bond acceptors (Lipinski definition) is 4. The van der Waals surface area contributed by atoms with Gasteiger partial charge in [0.2, 0.25) is 0 Å². The van der Waals surface area contributed by atoms with Crippen LogP contribution in [0.5, 0.6) is 0 Å². The minimum Gasteiger partial charge on any atom is -0.378 e. The van der Waals surface area contributed by atoms with E-state index < -0.39 is 0 Å². The minimum absolute atomic E-state index is 0.556. The third-order valence-corrected chi connectivity index (χ3v) is 2.92. The van der Waals surface area contributed by atoms with Gasteiger partial charge in [-0.1, -0.05) is 6.42 Å². The predicted molar refractivity (Wildman–Crippen MR) is 63.5 cm³/mol. The van der Waals surface area contributed by atoms with Gasteiger partial charge in [-0.15, -0.1) is 0 Å². The minimum atomic E-state index is 0.556. The number of methoxy groups -OCH3 is 1. The zero-order valence-electron chi connectivity index (χ0n) is 9.99. The third-order valence-electron chi connectivity index (χ3n) is 2.92. The molecule has 0 spiro atoms. The van der Waals surface area contributed by atoms with Gasteiger partial charge in [-0.05, 0) is 19.8 Å². The monoisotopic (exact) mass is 221 g/mol.